The summed E-state index contributed by atoms with van der Waals surface area (Å²) in [4.78, 5) is 34.7. The Labute approximate surface area is 459 Å². The van der Waals surface area contributed by atoms with Crippen molar-refractivity contribution in [3.8, 4) is 0 Å². The number of benzene rings is 5. The lowest BCUT2D eigenvalue weighted by Gasteiger charge is -2.45. The molecule has 77 heavy (non-hydrogen) atoms. The maximum atomic E-state index is 12.5. The van der Waals surface area contributed by atoms with Crippen molar-refractivity contribution in [1.82, 2.24) is 10.2 Å². The summed E-state index contributed by atoms with van der Waals surface area (Å²) >= 11 is 0. The van der Waals surface area contributed by atoms with Gasteiger partial charge in [-0.2, -0.15) is 0 Å². The Balaban J connectivity index is 0.000000230. The number of likely N-dealkylation sites (tertiary alicyclic amines) is 1. The molecule has 6 N–H and O–H groups in total. The number of likely N-dealkylation sites (N-methyl/N-ethyl adjacent to an activating group) is 2. The molecule has 0 amide bonds. The van der Waals surface area contributed by atoms with Gasteiger partial charge >= 0.3 is 11.9 Å². The number of quaternary nitrogens is 1. The van der Waals surface area contributed by atoms with E-state index in [-0.39, 0.29) is 43.0 Å². The normalized spacial score (nSPS) is 21.9. The number of nitrogens with zero attached hydrogens (tertiary/aromatic N) is 3. The van der Waals surface area contributed by atoms with Crippen LogP contribution in [-0.2, 0) is 30.1 Å². The Morgan fingerprint density at radius 3 is 1.66 bits per heavy atom. The Morgan fingerprint density at radius 2 is 1.22 bits per heavy atom. The minimum atomic E-state index is -1.75. The molecule has 418 valence electrons. The maximum absolute atomic E-state index is 12.5. The fourth-order valence-corrected chi connectivity index (χ4v) is 11.2. The number of ether oxygens (including phenoxy) is 2. The molecule has 17 heteroatoms. The van der Waals surface area contributed by atoms with Crippen molar-refractivity contribution >= 4 is 24.3 Å². The van der Waals surface area contributed by atoms with Crippen LogP contribution < -0.4 is 5.32 Å². The van der Waals surface area contributed by atoms with Crippen molar-refractivity contribution in [3.63, 3.8) is 0 Å². The number of aliphatic hydroxyl groups excluding tert-OH is 3. The molecule has 0 spiro atoms. The molecule has 4 fully saturated rings. The van der Waals surface area contributed by atoms with Crippen LogP contribution in [0.25, 0.3) is 0 Å². The Hall–Kier alpha value is -5.79. The molecule has 9 atom stereocenters. The third-order valence-corrected chi connectivity index (χ3v) is 16.2. The topological polar surface area (TPSA) is 239 Å². The highest BCUT2D eigenvalue weighted by Crippen LogP contribution is 2.52. The highest BCUT2D eigenvalue weighted by atomic mass is 35.5. The summed E-state index contributed by atoms with van der Waals surface area (Å²) in [5, 5.41) is 69.3. The number of carboxylic acids is 1. The van der Waals surface area contributed by atoms with Gasteiger partial charge in [0.2, 0.25) is 0 Å². The molecule has 16 nitrogen and oxygen atoms in total. The number of carbonyl (C=O) groups is 2. The molecule has 2 unspecified atom stereocenters. The van der Waals surface area contributed by atoms with Gasteiger partial charge in [0.1, 0.15) is 41.9 Å². The maximum Gasteiger partial charge on any atom is 0.316 e. The fourth-order valence-electron chi connectivity index (χ4n) is 11.2. The van der Waals surface area contributed by atoms with Crippen molar-refractivity contribution in [3.05, 3.63) is 194 Å². The van der Waals surface area contributed by atoms with E-state index in [0.717, 1.165) is 89.6 Å². The number of hydrogen-bond acceptors (Lipinski definition) is 13. The smallest absolute Gasteiger partial charge is 0.316 e. The first-order chi connectivity index (χ1) is 36.2. The number of carbonyl (C=O) groups excluding carboxylic acids is 1. The number of epoxide rings is 1. The standard InChI is InChI=1S/C32H39NO4.C18H24NO4.C10H15NO.ClH.NO3/c1-31(2,30(35)36)25-17-15-24(16-18-25)29(34)14-9-21-33-22-19-28(20-23-33)32(37,26-10-5-3-6-11-26)27-12-7-4-8-13-27;1-19(2)14-8-12(9-15(19)17-16(14)23-17)22-18(21)13(10-20)11-6-4-3-5-7-11;1-8(11-2)10(12)9-6-4-3-5-7-9;;2-1(3)4/h3-8,10-13,15-18,28-29,34,37H,9,14,19-23H2,1-2H3,(H,35,36);3-7,12-17,20H,8-10H2,1-2H3;3-8,10-12H,1-2H3;1H;/q;+1;;;-1/t;12?,13-,14-,15+,16-,17+;8-,10+;;/m.10../s1. The van der Waals surface area contributed by atoms with Gasteiger partial charge in [-0.3, -0.25) is 9.59 Å². The molecule has 0 aromatic heterocycles. The number of halogens is 1. The Bertz CT molecular complexity index is 2510. The van der Waals surface area contributed by atoms with Crippen molar-refractivity contribution in [2.75, 3.05) is 47.4 Å². The highest BCUT2D eigenvalue weighted by Gasteiger charge is 2.70. The quantitative estimate of drug-likeness (QED) is 0.0170. The molecule has 5 aromatic rings. The van der Waals surface area contributed by atoms with Gasteiger partial charge in [-0.1, -0.05) is 146 Å². The number of aliphatic carboxylic acids is 1. The van der Waals surface area contributed by atoms with E-state index in [2.05, 4.69) is 24.3 Å². The molecule has 4 aliphatic rings. The average molecular weight is 1080 g/mol. The van der Waals surface area contributed by atoms with Gasteiger partial charge in [0.05, 0.1) is 43.4 Å². The number of nitrogens with one attached hydrogen (secondary N) is 1. The second kappa shape index (κ2) is 28.2. The van der Waals surface area contributed by atoms with Crippen molar-refractivity contribution in [2.24, 2.45) is 5.92 Å². The number of hydrogen-bond donors (Lipinski definition) is 6. The number of carboxylic acid groups (broad SMARTS) is 1. The summed E-state index contributed by atoms with van der Waals surface area (Å²) in [6.07, 6.45) is 4.69. The first-order valence-electron chi connectivity index (χ1n) is 26.4. The number of fused-ring (bicyclic) bond motifs is 5. The Morgan fingerprint density at radius 1 is 0.766 bits per heavy atom. The fraction of sp³-hybridized carbons (Fsp3) is 0.467. The van der Waals surface area contributed by atoms with E-state index in [1.165, 1.54) is 0 Å². The van der Waals surface area contributed by atoms with Crippen molar-refractivity contribution in [2.45, 2.75) is 125 Å². The lowest BCUT2D eigenvalue weighted by atomic mass is 9.72. The van der Waals surface area contributed by atoms with Crippen molar-refractivity contribution in [1.29, 1.82) is 0 Å². The lowest BCUT2D eigenvalue weighted by molar-refractivity contribution is -0.938. The second-order valence-electron chi connectivity index (χ2n) is 21.5. The third-order valence-electron chi connectivity index (χ3n) is 16.2. The first-order valence-corrected chi connectivity index (χ1v) is 26.4. The summed E-state index contributed by atoms with van der Waals surface area (Å²) in [7, 11) is 6.35. The van der Waals surface area contributed by atoms with Crippen LogP contribution in [0.4, 0.5) is 0 Å². The molecule has 4 heterocycles. The van der Waals surface area contributed by atoms with Crippen LogP contribution in [0.1, 0.15) is 111 Å². The number of morpholine rings is 1. The van der Waals surface area contributed by atoms with Gasteiger partial charge in [0.15, 0.2) is 0 Å². The van der Waals surface area contributed by atoms with E-state index in [1.807, 2.05) is 147 Å². The SMILES string of the molecule is CC(C)(C(=O)O)c1ccc(C(O)CCCN2CCC(C(O)(c3ccccc3)c3ccccc3)CC2)cc1.CN[C@@H](C)[C@@H](O)c1ccccc1.C[N+]1(C)[C@@H]2CC(OC(=O)[C@H](CO)c3ccccc3)C[C@H]1[C@@H]1O[C@@H]12.Cl.O=[N+]([O-])[O-]. The second-order valence-corrected chi connectivity index (χ2v) is 21.5. The van der Waals surface area contributed by atoms with Gasteiger partial charge in [0, 0.05) is 18.9 Å². The van der Waals surface area contributed by atoms with Crippen LogP contribution in [0.3, 0.4) is 0 Å². The summed E-state index contributed by atoms with van der Waals surface area (Å²) in [6.45, 7) is 7.84. The molecular weight excluding hydrogens is 1000 g/mol. The molecule has 2 bridgehead atoms. The number of esters is 1. The monoisotopic (exact) mass is 1080 g/mol. The van der Waals surface area contributed by atoms with E-state index in [4.69, 9.17) is 24.8 Å². The number of aliphatic hydroxyl groups is 4. The predicted octanol–water partition coefficient (Wildman–Crippen LogP) is 8.08. The minimum absolute atomic E-state index is 0. The van der Waals surface area contributed by atoms with E-state index in [1.54, 1.807) is 26.0 Å². The first kappa shape index (κ1) is 62.1. The largest absolute Gasteiger partial charge is 0.481 e. The van der Waals surface area contributed by atoms with E-state index < -0.39 is 40.2 Å². The summed E-state index contributed by atoms with van der Waals surface area (Å²) in [6, 6.07) is 47.3. The zero-order valence-electron chi connectivity index (χ0n) is 45.0. The Kier molecular flexibility index (Phi) is 22.7. The predicted molar refractivity (Wildman–Crippen MR) is 298 cm³/mol. The van der Waals surface area contributed by atoms with Gasteiger partial charge in [-0.15, -0.1) is 12.4 Å². The number of rotatable bonds is 17. The van der Waals surface area contributed by atoms with Gasteiger partial charge < -0.3 is 65.0 Å². The van der Waals surface area contributed by atoms with E-state index in [0.29, 0.717) is 30.7 Å². The molecule has 5 aromatic carbocycles. The highest BCUT2D eigenvalue weighted by molar-refractivity contribution is 5.85. The number of piperidine rings is 2. The van der Waals surface area contributed by atoms with E-state index in [9.17, 15) is 35.1 Å². The van der Waals surface area contributed by atoms with Crippen LogP contribution >= 0.6 is 12.4 Å². The van der Waals surface area contributed by atoms with Crippen LogP contribution in [0.15, 0.2) is 146 Å². The molecule has 4 aliphatic heterocycles. The third kappa shape index (κ3) is 15.7. The molecule has 0 saturated carbocycles. The van der Waals surface area contributed by atoms with Crippen LogP contribution in [0.5, 0.6) is 0 Å². The van der Waals surface area contributed by atoms with Crippen LogP contribution in [-0.4, -0.2) is 136 Å². The van der Waals surface area contributed by atoms with Gasteiger partial charge in [0.25, 0.3) is 0 Å². The van der Waals surface area contributed by atoms with E-state index >= 15 is 0 Å². The molecule has 0 radical (unpaired) electrons. The molecule has 0 aliphatic carbocycles. The summed E-state index contributed by atoms with van der Waals surface area (Å²) < 4.78 is 12.5. The van der Waals surface area contributed by atoms with Gasteiger partial charge in [-0.25, -0.2) is 0 Å². The zero-order chi connectivity index (χ0) is 55.2. The molecular formula is C60H79ClN4O12. The average Bonchev–Trinajstić information content (AvgIpc) is 4.21. The van der Waals surface area contributed by atoms with Crippen molar-refractivity contribution < 1.29 is 54.2 Å². The summed E-state index contributed by atoms with van der Waals surface area (Å²) in [5.74, 6) is -1.64. The summed E-state index contributed by atoms with van der Waals surface area (Å²) in [5.41, 5.74) is 3.24. The zero-order valence-corrected chi connectivity index (χ0v) is 45.9. The minimum Gasteiger partial charge on any atom is -0.481 e. The molecule has 4 saturated heterocycles. The lowest BCUT2D eigenvalue weighted by Crippen LogP contribution is -2.60. The van der Waals surface area contributed by atoms with Gasteiger partial charge in [-0.05, 0) is 112 Å². The van der Waals surface area contributed by atoms with Crippen LogP contribution in [0.2, 0.25) is 0 Å². The molecule has 9 rings (SSSR count). The van der Waals surface area contributed by atoms with Crippen LogP contribution in [0, 0.1) is 21.2 Å².